The predicted molar refractivity (Wildman–Crippen MR) is 124 cm³/mol. The van der Waals surface area contributed by atoms with E-state index in [4.69, 9.17) is 11.6 Å². The quantitative estimate of drug-likeness (QED) is 0.477. The summed E-state index contributed by atoms with van der Waals surface area (Å²) in [6, 6.07) is 18.6. The van der Waals surface area contributed by atoms with Crippen LogP contribution in [0.4, 0.5) is 11.4 Å². The van der Waals surface area contributed by atoms with Gasteiger partial charge in [-0.3, -0.25) is 25.2 Å². The Morgan fingerprint density at radius 3 is 2.03 bits per heavy atom. The molecule has 0 aliphatic heterocycles. The Bertz CT molecular complexity index is 1260. The highest BCUT2D eigenvalue weighted by atomic mass is 35.5. The van der Waals surface area contributed by atoms with Crippen LogP contribution in [0.15, 0.2) is 77.7 Å². The van der Waals surface area contributed by atoms with Crippen LogP contribution in [0.5, 0.6) is 0 Å². The molecule has 166 valence electrons. The van der Waals surface area contributed by atoms with Crippen molar-refractivity contribution in [3.05, 3.63) is 88.9 Å². The van der Waals surface area contributed by atoms with Crippen molar-refractivity contribution in [1.82, 2.24) is 10.9 Å². The molecule has 0 fully saturated rings. The van der Waals surface area contributed by atoms with Crippen LogP contribution in [0.25, 0.3) is 0 Å². The van der Waals surface area contributed by atoms with Crippen molar-refractivity contribution in [2.45, 2.75) is 4.90 Å². The molecule has 8 nitrogen and oxygen atoms in total. The van der Waals surface area contributed by atoms with Crippen molar-refractivity contribution >= 4 is 44.8 Å². The number of benzene rings is 3. The molecular formula is C22H21ClN4O4S. The Kier molecular flexibility index (Phi) is 7.01. The van der Waals surface area contributed by atoms with E-state index in [-0.39, 0.29) is 10.5 Å². The van der Waals surface area contributed by atoms with Crippen molar-refractivity contribution < 1.29 is 18.0 Å². The van der Waals surface area contributed by atoms with Crippen LogP contribution in [0.2, 0.25) is 5.02 Å². The Labute approximate surface area is 191 Å². The van der Waals surface area contributed by atoms with Gasteiger partial charge in [-0.1, -0.05) is 29.8 Å². The minimum absolute atomic E-state index is 0.0568. The molecule has 0 aliphatic carbocycles. The zero-order chi connectivity index (χ0) is 23.3. The van der Waals surface area contributed by atoms with Crippen LogP contribution >= 0.6 is 11.6 Å². The van der Waals surface area contributed by atoms with Gasteiger partial charge < -0.3 is 4.90 Å². The average molecular weight is 473 g/mol. The van der Waals surface area contributed by atoms with Crippen LogP contribution in [-0.2, 0) is 10.0 Å². The molecule has 3 aromatic carbocycles. The number of carbonyl (C=O) groups excluding carboxylic acids is 2. The van der Waals surface area contributed by atoms with Gasteiger partial charge in [0.15, 0.2) is 0 Å². The summed E-state index contributed by atoms with van der Waals surface area (Å²) in [5.41, 5.74) is 6.16. The first-order valence-electron chi connectivity index (χ1n) is 9.42. The van der Waals surface area contributed by atoms with E-state index in [1.54, 1.807) is 36.4 Å². The fourth-order valence-corrected chi connectivity index (χ4v) is 4.04. The normalized spacial score (nSPS) is 10.8. The number of hydrogen-bond donors (Lipinski definition) is 3. The van der Waals surface area contributed by atoms with Gasteiger partial charge in [0.1, 0.15) is 0 Å². The van der Waals surface area contributed by atoms with Gasteiger partial charge >= 0.3 is 0 Å². The number of halogens is 1. The number of hydrogen-bond acceptors (Lipinski definition) is 5. The second kappa shape index (κ2) is 9.71. The Morgan fingerprint density at radius 1 is 0.812 bits per heavy atom. The molecule has 2 amide bonds. The smallest absolute Gasteiger partial charge is 0.269 e. The highest BCUT2D eigenvalue weighted by molar-refractivity contribution is 7.92. The molecule has 0 saturated heterocycles. The molecule has 10 heteroatoms. The standard InChI is InChI=1S/C22H21ClN4O4S/c1-27(2)19-10-3-6-15(12-19)21(28)24-25-22(29)16-7-4-11-20(13-16)32(30,31)26-18-9-5-8-17(23)14-18/h3-14,26H,1-2H3,(H,24,28)(H,25,29). The van der Waals surface area contributed by atoms with E-state index < -0.39 is 21.8 Å². The van der Waals surface area contributed by atoms with Gasteiger partial charge in [-0.25, -0.2) is 8.42 Å². The number of carbonyl (C=O) groups is 2. The minimum Gasteiger partial charge on any atom is -0.378 e. The Balaban J connectivity index is 1.70. The molecule has 0 heterocycles. The molecule has 0 aliphatic rings. The summed E-state index contributed by atoms with van der Waals surface area (Å²) in [7, 11) is -0.257. The van der Waals surface area contributed by atoms with Crippen LogP contribution < -0.4 is 20.5 Å². The Morgan fingerprint density at radius 2 is 1.41 bits per heavy atom. The number of sulfonamides is 1. The van der Waals surface area contributed by atoms with Gasteiger partial charge in [0, 0.05) is 35.9 Å². The van der Waals surface area contributed by atoms with Crippen LogP contribution in [-0.4, -0.2) is 34.3 Å². The van der Waals surface area contributed by atoms with Gasteiger partial charge in [0.25, 0.3) is 21.8 Å². The third kappa shape index (κ3) is 5.77. The predicted octanol–water partition coefficient (Wildman–Crippen LogP) is 3.28. The van der Waals surface area contributed by atoms with Crippen LogP contribution in [0.1, 0.15) is 20.7 Å². The third-order valence-corrected chi connectivity index (χ3v) is 6.01. The molecule has 0 saturated carbocycles. The van der Waals surface area contributed by atoms with E-state index in [2.05, 4.69) is 15.6 Å². The van der Waals surface area contributed by atoms with Crippen LogP contribution in [0.3, 0.4) is 0 Å². The van der Waals surface area contributed by atoms with E-state index in [1.165, 1.54) is 30.3 Å². The zero-order valence-corrected chi connectivity index (χ0v) is 18.9. The van der Waals surface area contributed by atoms with Gasteiger partial charge in [-0.2, -0.15) is 0 Å². The highest BCUT2D eigenvalue weighted by Gasteiger charge is 2.17. The van der Waals surface area contributed by atoms with E-state index in [0.29, 0.717) is 16.3 Å². The molecule has 0 spiro atoms. The second-order valence-electron chi connectivity index (χ2n) is 7.00. The Hall–Kier alpha value is -3.56. The third-order valence-electron chi connectivity index (χ3n) is 4.40. The van der Waals surface area contributed by atoms with Crippen molar-refractivity contribution in [2.75, 3.05) is 23.7 Å². The first-order valence-corrected chi connectivity index (χ1v) is 11.3. The fraction of sp³-hybridized carbons (Fsp3) is 0.0909. The van der Waals surface area contributed by atoms with Crippen molar-refractivity contribution in [2.24, 2.45) is 0 Å². The molecule has 0 radical (unpaired) electrons. The van der Waals surface area contributed by atoms with Crippen molar-refractivity contribution in [3.63, 3.8) is 0 Å². The van der Waals surface area contributed by atoms with E-state index >= 15 is 0 Å². The number of nitrogens with one attached hydrogen (secondary N) is 3. The molecule has 3 N–H and O–H groups in total. The molecule has 0 bridgehead atoms. The minimum atomic E-state index is -3.95. The van der Waals surface area contributed by atoms with Crippen LogP contribution in [0, 0.1) is 0 Å². The monoisotopic (exact) mass is 472 g/mol. The molecule has 3 aromatic rings. The van der Waals surface area contributed by atoms with E-state index in [1.807, 2.05) is 25.1 Å². The number of nitrogens with zero attached hydrogens (tertiary/aromatic N) is 1. The first-order chi connectivity index (χ1) is 15.2. The fourth-order valence-electron chi connectivity index (χ4n) is 2.75. The number of hydrazine groups is 1. The SMILES string of the molecule is CN(C)c1cccc(C(=O)NNC(=O)c2cccc(S(=O)(=O)Nc3cccc(Cl)c3)c2)c1. The van der Waals surface area contributed by atoms with Gasteiger partial charge in [0.2, 0.25) is 0 Å². The van der Waals surface area contributed by atoms with Crippen molar-refractivity contribution in [1.29, 1.82) is 0 Å². The second-order valence-corrected chi connectivity index (χ2v) is 9.12. The lowest BCUT2D eigenvalue weighted by Crippen LogP contribution is -2.41. The molecule has 0 aromatic heterocycles. The van der Waals surface area contributed by atoms with E-state index in [0.717, 1.165) is 5.69 Å². The maximum atomic E-state index is 12.7. The topological polar surface area (TPSA) is 108 Å². The molecule has 3 rings (SSSR count). The van der Waals surface area contributed by atoms with Gasteiger partial charge in [-0.05, 0) is 54.6 Å². The number of rotatable bonds is 6. The summed E-state index contributed by atoms with van der Waals surface area (Å²) < 4.78 is 27.7. The van der Waals surface area contributed by atoms with Gasteiger partial charge in [0.05, 0.1) is 10.6 Å². The lowest BCUT2D eigenvalue weighted by Gasteiger charge is -2.14. The summed E-state index contributed by atoms with van der Waals surface area (Å²) in [5, 5.41) is 0.380. The number of amides is 2. The van der Waals surface area contributed by atoms with Gasteiger partial charge in [-0.15, -0.1) is 0 Å². The molecule has 0 unspecified atom stereocenters. The number of anilines is 2. The maximum absolute atomic E-state index is 12.7. The molecule has 0 atom stereocenters. The zero-order valence-electron chi connectivity index (χ0n) is 17.3. The maximum Gasteiger partial charge on any atom is 0.269 e. The average Bonchev–Trinajstić information content (AvgIpc) is 2.77. The first kappa shape index (κ1) is 23.1. The summed E-state index contributed by atoms with van der Waals surface area (Å²) in [4.78, 5) is 26.6. The van der Waals surface area contributed by atoms with E-state index in [9.17, 15) is 18.0 Å². The largest absolute Gasteiger partial charge is 0.378 e. The lowest BCUT2D eigenvalue weighted by atomic mass is 10.2. The molecular weight excluding hydrogens is 452 g/mol. The lowest BCUT2D eigenvalue weighted by molar-refractivity contribution is 0.0846. The summed E-state index contributed by atoms with van der Waals surface area (Å²) in [6.07, 6.45) is 0. The summed E-state index contributed by atoms with van der Waals surface area (Å²) in [6.45, 7) is 0. The molecule has 32 heavy (non-hydrogen) atoms. The highest BCUT2D eigenvalue weighted by Crippen LogP contribution is 2.20. The summed E-state index contributed by atoms with van der Waals surface area (Å²) in [5.74, 6) is -1.17. The summed E-state index contributed by atoms with van der Waals surface area (Å²) >= 11 is 5.89. The van der Waals surface area contributed by atoms with Crippen molar-refractivity contribution in [3.8, 4) is 0 Å².